The molecular weight excluding hydrogens is 744 g/mol. The van der Waals surface area contributed by atoms with Crippen LogP contribution in [0.25, 0.3) is 0 Å². The first kappa shape index (κ1) is 52.6. The fourth-order valence-corrected chi connectivity index (χ4v) is 5.67. The second-order valence-electron chi connectivity index (χ2n) is 15.1. The average Bonchev–Trinajstić information content (AvgIpc) is 3.13. The van der Waals surface area contributed by atoms with Gasteiger partial charge in [-0.2, -0.15) is 0 Å². The monoisotopic (exact) mass is 815 g/mol. The van der Waals surface area contributed by atoms with E-state index >= 15 is 0 Å². The van der Waals surface area contributed by atoms with Crippen LogP contribution in [0.4, 0.5) is 0 Å². The van der Waals surface area contributed by atoms with Gasteiger partial charge in [0, 0.05) is 6.42 Å². The van der Waals surface area contributed by atoms with E-state index in [9.17, 15) is 48.6 Å². The fourth-order valence-electron chi connectivity index (χ4n) is 5.67. The van der Waals surface area contributed by atoms with Gasteiger partial charge in [0.25, 0.3) is 0 Å². The molecule has 57 heavy (non-hydrogen) atoms. The first-order valence-corrected chi connectivity index (χ1v) is 19.9. The molecule has 0 heterocycles. The summed E-state index contributed by atoms with van der Waals surface area (Å²) in [7, 11) is 0. The van der Waals surface area contributed by atoms with Crippen LogP contribution in [0.15, 0.2) is 0 Å². The van der Waals surface area contributed by atoms with E-state index in [2.05, 4.69) is 31.9 Å². The lowest BCUT2D eigenvalue weighted by molar-refractivity contribution is -0.142. The number of nitrogens with two attached hydrogens (primary N) is 4. The average molecular weight is 815 g/mol. The molecule has 0 rings (SSSR count). The molecule has 0 saturated carbocycles. The zero-order valence-electron chi connectivity index (χ0n) is 34.3. The van der Waals surface area contributed by atoms with E-state index in [1.807, 2.05) is 0 Å². The zero-order valence-corrected chi connectivity index (χ0v) is 34.3. The maximum Gasteiger partial charge on any atom is 0.326 e. The molecule has 0 aromatic carbocycles. The maximum absolute atomic E-state index is 13.6. The molecule has 0 aliphatic carbocycles. The van der Waals surface area contributed by atoms with E-state index < -0.39 is 102 Å². The van der Waals surface area contributed by atoms with Crippen molar-refractivity contribution in [3.05, 3.63) is 0 Å². The van der Waals surface area contributed by atoms with Gasteiger partial charge in [-0.15, -0.1) is 0 Å². The Bertz CT molecular complexity index is 1300. The van der Waals surface area contributed by atoms with Crippen molar-refractivity contribution < 1.29 is 48.6 Å². The van der Waals surface area contributed by atoms with Crippen LogP contribution >= 0.6 is 0 Å². The number of hydrogen-bond donors (Lipinski definition) is 12. The van der Waals surface area contributed by atoms with Gasteiger partial charge in [0.2, 0.25) is 35.4 Å². The first-order valence-electron chi connectivity index (χ1n) is 19.9. The highest BCUT2D eigenvalue weighted by Gasteiger charge is 2.33. The number of carbonyl (C=O) groups is 8. The first-order chi connectivity index (χ1) is 26.8. The molecule has 20 nitrogen and oxygen atoms in total. The third-order valence-electron chi connectivity index (χ3n) is 9.07. The zero-order chi connectivity index (χ0) is 43.7. The fraction of sp³-hybridized carbons (Fsp3) is 0.784. The second kappa shape index (κ2) is 28.9. The third kappa shape index (κ3) is 22.2. The highest BCUT2D eigenvalue weighted by molar-refractivity contribution is 5.97. The molecule has 0 aliphatic rings. The van der Waals surface area contributed by atoms with Gasteiger partial charge in [-0.05, 0) is 103 Å². The summed E-state index contributed by atoms with van der Waals surface area (Å²) in [5, 5.41) is 34.3. The summed E-state index contributed by atoms with van der Waals surface area (Å²) in [4.78, 5) is 103. The van der Waals surface area contributed by atoms with Gasteiger partial charge in [-0.1, -0.05) is 34.1 Å². The van der Waals surface area contributed by atoms with Crippen LogP contribution in [0.1, 0.15) is 112 Å². The second-order valence-corrected chi connectivity index (χ2v) is 15.1. The number of aliphatic carboxylic acids is 2. The van der Waals surface area contributed by atoms with E-state index in [1.165, 1.54) is 6.92 Å². The number of hydrogen-bond acceptors (Lipinski definition) is 12. The van der Waals surface area contributed by atoms with Crippen molar-refractivity contribution in [2.75, 3.05) is 19.6 Å². The molecule has 0 aromatic heterocycles. The van der Waals surface area contributed by atoms with Crippen LogP contribution in [0, 0.1) is 11.8 Å². The Morgan fingerprint density at radius 1 is 0.491 bits per heavy atom. The van der Waals surface area contributed by atoms with Crippen molar-refractivity contribution in [2.24, 2.45) is 34.8 Å². The predicted molar refractivity (Wildman–Crippen MR) is 213 cm³/mol. The minimum atomic E-state index is -1.42. The molecule has 0 saturated heterocycles. The molecule has 0 spiro atoms. The molecular formula is C37H70N10O10. The Kier molecular flexibility index (Phi) is 26.7. The van der Waals surface area contributed by atoms with Gasteiger partial charge in [0.15, 0.2) is 0 Å². The van der Waals surface area contributed by atoms with Gasteiger partial charge in [0.1, 0.15) is 36.3 Å². The Balaban J connectivity index is 5.98. The number of amides is 6. The highest BCUT2D eigenvalue weighted by Crippen LogP contribution is 2.11. The number of nitrogens with one attached hydrogen (secondary N) is 6. The van der Waals surface area contributed by atoms with Crippen molar-refractivity contribution in [3.8, 4) is 0 Å². The number of unbranched alkanes of at least 4 members (excludes halogenated alkanes) is 3. The van der Waals surface area contributed by atoms with Crippen LogP contribution in [-0.2, 0) is 38.4 Å². The number of carboxylic acid groups (broad SMARTS) is 2. The Labute approximate surface area is 335 Å². The normalized spacial score (nSPS) is 14.9. The van der Waals surface area contributed by atoms with E-state index in [0.717, 1.165) is 0 Å². The largest absolute Gasteiger partial charge is 0.481 e. The smallest absolute Gasteiger partial charge is 0.326 e. The Morgan fingerprint density at radius 3 is 1.42 bits per heavy atom. The highest BCUT2D eigenvalue weighted by atomic mass is 16.4. The molecule has 328 valence electrons. The van der Waals surface area contributed by atoms with Crippen molar-refractivity contribution in [2.45, 2.75) is 154 Å². The van der Waals surface area contributed by atoms with Crippen LogP contribution in [0.2, 0.25) is 0 Å². The maximum atomic E-state index is 13.6. The summed E-state index contributed by atoms with van der Waals surface area (Å²) < 4.78 is 0. The number of rotatable bonds is 31. The Morgan fingerprint density at radius 2 is 0.930 bits per heavy atom. The summed E-state index contributed by atoms with van der Waals surface area (Å²) in [6.45, 7) is 9.40. The minimum Gasteiger partial charge on any atom is -0.481 e. The predicted octanol–water partition coefficient (Wildman–Crippen LogP) is -1.72. The SMILES string of the molecule is CC(C)C[C@H](NC(=O)[C@H](C)NC(=O)[C@H](CCC(=O)O)NC(=O)[C@@H](NC(=O)[C@@H](N)CCCCN)C(C)C)C(=O)N[C@@H](CCCCN)C(=O)N[C@@H](CCCCN)C(=O)O. The van der Waals surface area contributed by atoms with Crippen molar-refractivity contribution in [1.29, 1.82) is 0 Å². The van der Waals surface area contributed by atoms with Crippen LogP contribution in [-0.4, -0.2) is 120 Å². The molecule has 0 fully saturated rings. The molecule has 0 aliphatic heterocycles. The van der Waals surface area contributed by atoms with E-state index in [0.29, 0.717) is 64.6 Å². The van der Waals surface area contributed by atoms with Gasteiger partial charge in [0.05, 0.1) is 6.04 Å². The molecule has 6 amide bonds. The van der Waals surface area contributed by atoms with E-state index in [1.54, 1.807) is 27.7 Å². The van der Waals surface area contributed by atoms with Gasteiger partial charge in [-0.3, -0.25) is 33.6 Å². The molecule has 0 aromatic rings. The van der Waals surface area contributed by atoms with E-state index in [-0.39, 0.29) is 31.6 Å². The number of carbonyl (C=O) groups excluding carboxylic acids is 6. The standard InChI is InChI=1S/C37H70N10O10/c1-21(2)20-28(35(54)43-25(13-7-10-18-39)34(53)45-27(37(56)57)14-8-11-19-40)46-31(50)23(5)42-33(52)26(15-16-29(48)49)44-36(55)30(22(3)4)47-32(51)24(41)12-6-9-17-38/h21-28,30H,6-20,38-41H2,1-5H3,(H,42,52)(H,43,54)(H,44,55)(H,45,53)(H,46,50)(H,47,51)(H,48,49)(H,56,57)/t23-,24-,25-,26-,27-,28-,30-/m0/s1. The minimum absolute atomic E-state index is 0.125. The summed E-state index contributed by atoms with van der Waals surface area (Å²) in [5.74, 6) is -7.51. The molecule has 16 N–H and O–H groups in total. The lowest BCUT2D eigenvalue weighted by Crippen LogP contribution is -2.60. The van der Waals surface area contributed by atoms with Crippen molar-refractivity contribution in [3.63, 3.8) is 0 Å². The lowest BCUT2D eigenvalue weighted by atomic mass is 10.0. The molecule has 0 unspecified atom stereocenters. The van der Waals surface area contributed by atoms with Crippen LogP contribution in [0.3, 0.4) is 0 Å². The van der Waals surface area contributed by atoms with Crippen molar-refractivity contribution in [1.82, 2.24) is 31.9 Å². The summed E-state index contributed by atoms with van der Waals surface area (Å²) in [5.41, 5.74) is 22.6. The summed E-state index contributed by atoms with van der Waals surface area (Å²) in [6, 6.07) is -8.27. The number of carboxylic acids is 2. The molecule has 0 bridgehead atoms. The quantitative estimate of drug-likeness (QED) is 0.0347. The molecule has 20 heteroatoms. The lowest BCUT2D eigenvalue weighted by Gasteiger charge is -2.28. The topological polar surface area (TPSA) is 353 Å². The van der Waals surface area contributed by atoms with Crippen LogP contribution < -0.4 is 54.8 Å². The van der Waals surface area contributed by atoms with Crippen LogP contribution in [0.5, 0.6) is 0 Å². The third-order valence-corrected chi connectivity index (χ3v) is 9.07. The molecule has 7 atom stereocenters. The van der Waals surface area contributed by atoms with Gasteiger partial charge in [-0.25, -0.2) is 4.79 Å². The Hall–Kier alpha value is -4.40. The van der Waals surface area contributed by atoms with E-state index in [4.69, 9.17) is 22.9 Å². The molecule has 0 radical (unpaired) electrons. The summed E-state index contributed by atoms with van der Waals surface area (Å²) >= 11 is 0. The van der Waals surface area contributed by atoms with Gasteiger partial charge < -0.3 is 65.0 Å². The summed E-state index contributed by atoms with van der Waals surface area (Å²) in [6.07, 6.45) is 3.16. The van der Waals surface area contributed by atoms with Gasteiger partial charge >= 0.3 is 11.9 Å². The van der Waals surface area contributed by atoms with Crippen molar-refractivity contribution >= 4 is 47.4 Å².